The molecule has 3 heteroatoms. The highest BCUT2D eigenvalue weighted by Gasteiger charge is 2.23. The van der Waals surface area contributed by atoms with Gasteiger partial charge in [-0.2, -0.15) is 0 Å². The van der Waals surface area contributed by atoms with E-state index in [4.69, 9.17) is 0 Å². The van der Waals surface area contributed by atoms with Crippen LogP contribution in [0, 0.1) is 6.08 Å². The molecular weight excluding hydrogens is 152 g/mol. The molecule has 2 aliphatic rings. The zero-order valence-electron chi connectivity index (χ0n) is 6.76. The highest BCUT2D eigenvalue weighted by atomic mass is 16.1. The molecule has 1 heterocycles. The lowest BCUT2D eigenvalue weighted by Crippen LogP contribution is -2.36. The zero-order chi connectivity index (χ0) is 8.39. The molecule has 0 unspecified atom stereocenters. The van der Waals surface area contributed by atoms with Gasteiger partial charge in [-0.25, -0.2) is 0 Å². The monoisotopic (exact) mass is 163 g/mol. The quantitative estimate of drug-likeness (QED) is 0.560. The molecule has 0 saturated carbocycles. The highest BCUT2D eigenvalue weighted by Crippen LogP contribution is 2.11. The van der Waals surface area contributed by atoms with Crippen LogP contribution in [0.25, 0.3) is 0 Å². The summed E-state index contributed by atoms with van der Waals surface area (Å²) in [6.07, 6.45) is 7.17. The first kappa shape index (κ1) is 7.71. The van der Waals surface area contributed by atoms with E-state index in [0.717, 1.165) is 18.7 Å². The molecule has 1 radical (unpaired) electrons. The summed E-state index contributed by atoms with van der Waals surface area (Å²) >= 11 is 0. The third-order valence-electron chi connectivity index (χ3n) is 2.07. The van der Waals surface area contributed by atoms with Crippen molar-refractivity contribution in [2.45, 2.75) is 12.6 Å². The Hall–Kier alpha value is -0.930. The van der Waals surface area contributed by atoms with Crippen LogP contribution in [0.4, 0.5) is 0 Å². The van der Waals surface area contributed by atoms with E-state index in [1.54, 1.807) is 0 Å². The Morgan fingerprint density at radius 1 is 1.42 bits per heavy atom. The minimum Gasteiger partial charge on any atom is -0.297 e. The average Bonchev–Trinajstić information content (AvgIpc) is 2.57. The molecule has 1 saturated heterocycles. The van der Waals surface area contributed by atoms with Gasteiger partial charge < -0.3 is 0 Å². The minimum atomic E-state index is 0.0300. The summed E-state index contributed by atoms with van der Waals surface area (Å²) in [7, 11) is 0. The lowest BCUT2D eigenvalue weighted by atomic mass is 10.0. The van der Waals surface area contributed by atoms with Crippen LogP contribution in [-0.4, -0.2) is 25.0 Å². The van der Waals surface area contributed by atoms with E-state index < -0.39 is 0 Å². The predicted molar refractivity (Wildman–Crippen MR) is 45.3 cm³/mol. The maximum Gasteiger partial charge on any atom is 0.166 e. The SMILES string of the molecule is O=C1CC=C[C]=C1C1NCCN1. The standard InChI is InChI=1S/C9H11N2O/c12-8-4-2-1-3-7(8)9-10-5-6-11-9/h1-2,9-11H,4-6H2. The van der Waals surface area contributed by atoms with Crippen LogP contribution in [0.15, 0.2) is 17.7 Å². The Morgan fingerprint density at radius 3 is 2.83 bits per heavy atom. The summed E-state index contributed by atoms with van der Waals surface area (Å²) in [5.41, 5.74) is 0.745. The topological polar surface area (TPSA) is 41.1 Å². The van der Waals surface area contributed by atoms with Crippen molar-refractivity contribution in [2.75, 3.05) is 13.1 Å². The molecule has 0 atom stereocenters. The van der Waals surface area contributed by atoms with Crippen LogP contribution in [0.1, 0.15) is 6.42 Å². The van der Waals surface area contributed by atoms with Crippen LogP contribution in [0.3, 0.4) is 0 Å². The fourth-order valence-corrected chi connectivity index (χ4v) is 1.46. The van der Waals surface area contributed by atoms with Gasteiger partial charge in [0.25, 0.3) is 0 Å². The van der Waals surface area contributed by atoms with Gasteiger partial charge in [0.1, 0.15) is 0 Å². The van der Waals surface area contributed by atoms with Gasteiger partial charge in [0.05, 0.1) is 6.17 Å². The Bertz CT molecular complexity index is 249. The summed E-state index contributed by atoms with van der Waals surface area (Å²) in [4.78, 5) is 11.4. The predicted octanol–water partition coefficient (Wildman–Crippen LogP) is -0.236. The third kappa shape index (κ3) is 1.33. The molecule has 2 N–H and O–H groups in total. The summed E-state index contributed by atoms with van der Waals surface area (Å²) in [6.45, 7) is 1.85. The third-order valence-corrected chi connectivity index (χ3v) is 2.07. The van der Waals surface area contributed by atoms with E-state index in [-0.39, 0.29) is 11.9 Å². The van der Waals surface area contributed by atoms with Crippen LogP contribution in [0.2, 0.25) is 0 Å². The van der Waals surface area contributed by atoms with Crippen LogP contribution in [-0.2, 0) is 4.79 Å². The molecule has 1 aliphatic carbocycles. The number of carbonyl (C=O) groups is 1. The number of hydrogen-bond donors (Lipinski definition) is 2. The largest absolute Gasteiger partial charge is 0.297 e. The molecule has 3 nitrogen and oxygen atoms in total. The van der Waals surface area contributed by atoms with Crippen molar-refractivity contribution in [1.82, 2.24) is 10.6 Å². The smallest absolute Gasteiger partial charge is 0.166 e. The van der Waals surface area contributed by atoms with E-state index in [1.807, 2.05) is 12.2 Å². The maximum absolute atomic E-state index is 11.4. The van der Waals surface area contributed by atoms with Crippen molar-refractivity contribution >= 4 is 5.78 Å². The van der Waals surface area contributed by atoms with Gasteiger partial charge in [-0.05, 0) is 6.08 Å². The molecule has 0 aromatic carbocycles. The second-order valence-corrected chi connectivity index (χ2v) is 2.93. The second-order valence-electron chi connectivity index (χ2n) is 2.93. The van der Waals surface area contributed by atoms with E-state index in [0.29, 0.717) is 6.42 Å². The number of carbonyl (C=O) groups excluding carboxylic acids is 1. The van der Waals surface area contributed by atoms with E-state index in [9.17, 15) is 4.79 Å². The molecule has 12 heavy (non-hydrogen) atoms. The van der Waals surface area contributed by atoms with Gasteiger partial charge >= 0.3 is 0 Å². The maximum atomic E-state index is 11.4. The molecule has 2 rings (SSSR count). The Balaban J connectivity index is 2.14. The summed E-state index contributed by atoms with van der Waals surface area (Å²) in [6, 6.07) is 0. The lowest BCUT2D eigenvalue weighted by Gasteiger charge is -2.14. The summed E-state index contributed by atoms with van der Waals surface area (Å²) < 4.78 is 0. The van der Waals surface area contributed by atoms with Gasteiger partial charge in [-0.1, -0.05) is 12.2 Å². The first-order valence-corrected chi connectivity index (χ1v) is 4.16. The molecule has 1 fully saturated rings. The van der Waals surface area contributed by atoms with Crippen molar-refractivity contribution in [2.24, 2.45) is 0 Å². The fraction of sp³-hybridized carbons (Fsp3) is 0.444. The number of ketones is 1. The molecule has 0 amide bonds. The number of hydrogen-bond acceptors (Lipinski definition) is 3. The van der Waals surface area contributed by atoms with Gasteiger partial charge in [-0.15, -0.1) is 0 Å². The number of rotatable bonds is 1. The van der Waals surface area contributed by atoms with Gasteiger partial charge in [0.2, 0.25) is 0 Å². The number of allylic oxidation sites excluding steroid dienone is 3. The Labute approximate surface area is 71.5 Å². The van der Waals surface area contributed by atoms with Crippen LogP contribution in [0.5, 0.6) is 0 Å². The number of Topliss-reactive ketones (excluding diaryl/α,β-unsaturated/α-hetero) is 1. The molecule has 63 valence electrons. The minimum absolute atomic E-state index is 0.0300. The first-order chi connectivity index (χ1) is 5.88. The number of nitrogens with one attached hydrogen (secondary N) is 2. The molecule has 0 aromatic heterocycles. The molecule has 0 spiro atoms. The highest BCUT2D eigenvalue weighted by molar-refractivity contribution is 5.98. The van der Waals surface area contributed by atoms with E-state index >= 15 is 0 Å². The Kier molecular flexibility index (Phi) is 2.06. The van der Waals surface area contributed by atoms with Gasteiger partial charge in [0.15, 0.2) is 5.78 Å². The van der Waals surface area contributed by atoms with Crippen LogP contribution < -0.4 is 10.6 Å². The van der Waals surface area contributed by atoms with Crippen molar-refractivity contribution in [3.63, 3.8) is 0 Å². The van der Waals surface area contributed by atoms with Gasteiger partial charge in [0, 0.05) is 25.1 Å². The second kappa shape index (κ2) is 3.21. The first-order valence-electron chi connectivity index (χ1n) is 4.16. The van der Waals surface area contributed by atoms with Crippen LogP contribution >= 0.6 is 0 Å². The molecule has 0 aromatic rings. The van der Waals surface area contributed by atoms with Crippen molar-refractivity contribution in [3.8, 4) is 0 Å². The average molecular weight is 163 g/mol. The fourth-order valence-electron chi connectivity index (χ4n) is 1.46. The normalized spacial score (nSPS) is 24.7. The lowest BCUT2D eigenvalue weighted by molar-refractivity contribution is -0.115. The Morgan fingerprint density at radius 2 is 2.17 bits per heavy atom. The molecule has 1 aliphatic heterocycles. The zero-order valence-corrected chi connectivity index (χ0v) is 6.76. The van der Waals surface area contributed by atoms with Crippen molar-refractivity contribution < 1.29 is 4.79 Å². The molecular formula is C9H11N2O. The van der Waals surface area contributed by atoms with Crippen molar-refractivity contribution in [3.05, 3.63) is 23.8 Å². The van der Waals surface area contributed by atoms with E-state index in [2.05, 4.69) is 16.7 Å². The summed E-state index contributed by atoms with van der Waals surface area (Å²) in [5, 5.41) is 6.38. The van der Waals surface area contributed by atoms with Crippen molar-refractivity contribution in [1.29, 1.82) is 0 Å². The van der Waals surface area contributed by atoms with E-state index in [1.165, 1.54) is 0 Å². The van der Waals surface area contributed by atoms with Gasteiger partial charge in [-0.3, -0.25) is 15.4 Å². The summed E-state index contributed by atoms with van der Waals surface area (Å²) in [5.74, 6) is 0.171. The molecule has 0 bridgehead atoms.